The van der Waals surface area contributed by atoms with Crippen LogP contribution in [0, 0.1) is 6.92 Å². The first-order chi connectivity index (χ1) is 9.27. The summed E-state index contributed by atoms with van der Waals surface area (Å²) in [7, 11) is 0. The maximum Gasteiger partial charge on any atom is 0.276 e. The Kier molecular flexibility index (Phi) is 2.68. The highest BCUT2D eigenvalue weighted by Crippen LogP contribution is 2.18. The number of aromatic amines is 1. The number of nitrogens with zero attached hydrogens (tertiary/aromatic N) is 4. The Morgan fingerprint density at radius 3 is 2.68 bits per heavy atom. The number of hydrogen-bond donors (Lipinski definition) is 1. The van der Waals surface area contributed by atoms with Crippen molar-refractivity contribution in [2.24, 2.45) is 0 Å². The fourth-order valence-electron chi connectivity index (χ4n) is 1.88. The molecule has 0 fully saturated rings. The summed E-state index contributed by atoms with van der Waals surface area (Å²) in [5.74, 6) is 0.464. The summed E-state index contributed by atoms with van der Waals surface area (Å²) in [6, 6.07) is 3.72. The molecule has 94 valence electrons. The van der Waals surface area contributed by atoms with Gasteiger partial charge in [0.25, 0.3) is 5.56 Å². The van der Waals surface area contributed by atoms with Crippen molar-refractivity contribution in [1.82, 2.24) is 24.7 Å². The second-order valence-corrected chi connectivity index (χ2v) is 4.06. The van der Waals surface area contributed by atoms with Gasteiger partial charge in [0.2, 0.25) is 0 Å². The molecule has 0 saturated heterocycles. The first-order valence-electron chi connectivity index (χ1n) is 5.76. The molecular weight excluding hydrogens is 242 g/mol. The van der Waals surface area contributed by atoms with Gasteiger partial charge >= 0.3 is 0 Å². The van der Waals surface area contributed by atoms with Gasteiger partial charge in [-0.3, -0.25) is 19.9 Å². The van der Waals surface area contributed by atoms with Crippen LogP contribution < -0.4 is 5.56 Å². The summed E-state index contributed by atoms with van der Waals surface area (Å²) in [6.07, 6.45) is 8.04. The molecule has 1 N–H and O–H groups in total. The Labute approximate surface area is 108 Å². The molecule has 19 heavy (non-hydrogen) atoms. The summed E-state index contributed by atoms with van der Waals surface area (Å²) >= 11 is 0. The second-order valence-electron chi connectivity index (χ2n) is 4.06. The van der Waals surface area contributed by atoms with E-state index < -0.39 is 0 Å². The average Bonchev–Trinajstić information content (AvgIpc) is 2.77. The first kappa shape index (κ1) is 11.3. The normalized spacial score (nSPS) is 10.6. The molecule has 3 aromatic rings. The number of nitrogens with one attached hydrogen (secondary N) is 1. The van der Waals surface area contributed by atoms with Gasteiger partial charge in [0.05, 0.1) is 11.9 Å². The van der Waals surface area contributed by atoms with Crippen LogP contribution in [0.3, 0.4) is 0 Å². The summed E-state index contributed by atoms with van der Waals surface area (Å²) in [4.78, 5) is 24.3. The van der Waals surface area contributed by atoms with E-state index in [9.17, 15) is 4.79 Å². The standard InChI is InChI=1S/C13H11N5O/c1-9-12(10-3-2-4-14-7-10)17-18(13(9)19)11-8-15-5-6-16-11/h2-8,17H,1H3. The maximum atomic E-state index is 12.2. The van der Waals surface area contributed by atoms with E-state index in [1.54, 1.807) is 31.7 Å². The van der Waals surface area contributed by atoms with Crippen LogP contribution in [0.15, 0.2) is 47.9 Å². The molecule has 0 aromatic carbocycles. The predicted molar refractivity (Wildman–Crippen MR) is 69.9 cm³/mol. The highest BCUT2D eigenvalue weighted by atomic mass is 16.1. The highest BCUT2D eigenvalue weighted by Gasteiger charge is 2.13. The molecule has 3 heterocycles. The van der Waals surface area contributed by atoms with Gasteiger partial charge in [0.15, 0.2) is 5.82 Å². The molecule has 0 unspecified atom stereocenters. The van der Waals surface area contributed by atoms with Gasteiger partial charge in [-0.2, -0.15) is 4.68 Å². The van der Waals surface area contributed by atoms with Crippen LogP contribution in [-0.4, -0.2) is 24.7 Å². The minimum atomic E-state index is -0.139. The fourth-order valence-corrected chi connectivity index (χ4v) is 1.88. The Morgan fingerprint density at radius 1 is 1.16 bits per heavy atom. The molecule has 0 aliphatic heterocycles. The van der Waals surface area contributed by atoms with Crippen LogP contribution >= 0.6 is 0 Å². The maximum absolute atomic E-state index is 12.2. The molecule has 0 amide bonds. The largest absolute Gasteiger partial charge is 0.288 e. The number of aromatic nitrogens is 5. The monoisotopic (exact) mass is 253 g/mol. The summed E-state index contributed by atoms with van der Waals surface area (Å²) < 4.78 is 1.38. The molecule has 0 aliphatic carbocycles. The first-order valence-corrected chi connectivity index (χ1v) is 5.76. The van der Waals surface area contributed by atoms with Crippen molar-refractivity contribution in [2.45, 2.75) is 6.92 Å². The summed E-state index contributed by atoms with van der Waals surface area (Å²) in [6.45, 7) is 1.77. The third-order valence-corrected chi connectivity index (χ3v) is 2.85. The lowest BCUT2D eigenvalue weighted by Crippen LogP contribution is -2.17. The van der Waals surface area contributed by atoms with Crippen molar-refractivity contribution >= 4 is 0 Å². The molecule has 0 radical (unpaired) electrons. The van der Waals surface area contributed by atoms with E-state index in [1.165, 1.54) is 10.9 Å². The summed E-state index contributed by atoms with van der Waals surface area (Å²) in [5, 5.41) is 3.04. The molecule has 6 heteroatoms. The quantitative estimate of drug-likeness (QED) is 0.747. The van der Waals surface area contributed by atoms with Crippen molar-refractivity contribution in [3.8, 4) is 17.1 Å². The molecule has 3 rings (SSSR count). The van der Waals surface area contributed by atoms with E-state index in [0.717, 1.165) is 11.3 Å². The highest BCUT2D eigenvalue weighted by molar-refractivity contribution is 5.61. The lowest BCUT2D eigenvalue weighted by atomic mass is 10.1. The molecule has 3 aromatic heterocycles. The average molecular weight is 253 g/mol. The van der Waals surface area contributed by atoms with E-state index >= 15 is 0 Å². The minimum Gasteiger partial charge on any atom is -0.288 e. The van der Waals surface area contributed by atoms with Gasteiger partial charge in [-0.15, -0.1) is 0 Å². The predicted octanol–water partition coefficient (Wildman–Crippen LogP) is 1.33. The number of rotatable bonds is 2. The topological polar surface area (TPSA) is 76.5 Å². The third kappa shape index (κ3) is 1.93. The molecule has 6 nitrogen and oxygen atoms in total. The van der Waals surface area contributed by atoms with Crippen molar-refractivity contribution < 1.29 is 0 Å². The van der Waals surface area contributed by atoms with Gasteiger partial charge in [-0.25, -0.2) is 4.98 Å². The Balaban J connectivity index is 2.19. The van der Waals surface area contributed by atoms with Crippen molar-refractivity contribution in [2.75, 3.05) is 0 Å². The molecule has 0 aliphatic rings. The zero-order valence-electron chi connectivity index (χ0n) is 10.2. The summed E-state index contributed by atoms with van der Waals surface area (Å²) in [5.41, 5.74) is 2.08. The number of pyridine rings is 1. The Bertz CT molecular complexity index is 746. The zero-order valence-corrected chi connectivity index (χ0v) is 10.2. The number of H-pyrrole nitrogens is 1. The molecule has 0 spiro atoms. The fraction of sp³-hybridized carbons (Fsp3) is 0.0769. The van der Waals surface area contributed by atoms with Gasteiger partial charge in [-0.1, -0.05) is 0 Å². The van der Waals surface area contributed by atoms with Crippen LogP contribution in [0.4, 0.5) is 0 Å². The molecule has 0 atom stereocenters. The Morgan fingerprint density at radius 2 is 2.00 bits per heavy atom. The van der Waals surface area contributed by atoms with Crippen molar-refractivity contribution in [3.63, 3.8) is 0 Å². The lowest BCUT2D eigenvalue weighted by molar-refractivity contribution is 0.812. The van der Waals surface area contributed by atoms with E-state index in [1.807, 2.05) is 12.1 Å². The van der Waals surface area contributed by atoms with Crippen LogP contribution in [0.5, 0.6) is 0 Å². The number of hydrogen-bond acceptors (Lipinski definition) is 4. The van der Waals surface area contributed by atoms with Crippen LogP contribution in [0.2, 0.25) is 0 Å². The van der Waals surface area contributed by atoms with Gasteiger partial charge in [0.1, 0.15) is 0 Å². The smallest absolute Gasteiger partial charge is 0.276 e. The third-order valence-electron chi connectivity index (χ3n) is 2.85. The zero-order chi connectivity index (χ0) is 13.2. The SMILES string of the molecule is Cc1c(-c2cccnc2)[nH]n(-c2cnccn2)c1=O. The Hall–Kier alpha value is -2.76. The molecular formula is C13H11N5O. The van der Waals surface area contributed by atoms with E-state index in [0.29, 0.717) is 11.4 Å². The van der Waals surface area contributed by atoms with E-state index in [-0.39, 0.29) is 5.56 Å². The van der Waals surface area contributed by atoms with Crippen LogP contribution in [-0.2, 0) is 0 Å². The van der Waals surface area contributed by atoms with Crippen LogP contribution in [0.25, 0.3) is 17.1 Å². The van der Waals surface area contributed by atoms with Gasteiger partial charge in [0, 0.05) is 35.9 Å². The lowest BCUT2D eigenvalue weighted by Gasteiger charge is -1.99. The van der Waals surface area contributed by atoms with E-state index in [4.69, 9.17) is 0 Å². The van der Waals surface area contributed by atoms with Gasteiger partial charge in [-0.05, 0) is 19.1 Å². The second kappa shape index (κ2) is 4.49. The van der Waals surface area contributed by atoms with E-state index in [2.05, 4.69) is 20.1 Å². The van der Waals surface area contributed by atoms with Gasteiger partial charge < -0.3 is 0 Å². The van der Waals surface area contributed by atoms with Crippen molar-refractivity contribution in [1.29, 1.82) is 0 Å². The van der Waals surface area contributed by atoms with Crippen molar-refractivity contribution in [3.05, 3.63) is 59.0 Å². The molecule has 0 bridgehead atoms. The molecule has 0 saturated carbocycles. The van der Waals surface area contributed by atoms with Crippen LogP contribution in [0.1, 0.15) is 5.56 Å². The minimum absolute atomic E-state index is 0.139.